The lowest BCUT2D eigenvalue weighted by atomic mass is 10.2. The summed E-state index contributed by atoms with van der Waals surface area (Å²) >= 11 is 8.47. The monoisotopic (exact) mass is 291 g/mol. The second-order valence-electron chi connectivity index (χ2n) is 2.83. The Morgan fingerprint density at radius 2 is 2.27 bits per heavy atom. The van der Waals surface area contributed by atoms with Crippen LogP contribution in [0.2, 0.25) is 0 Å². The van der Waals surface area contributed by atoms with Crippen LogP contribution in [0.25, 0.3) is 0 Å². The molecule has 15 heavy (non-hydrogen) atoms. The molecule has 0 bridgehead atoms. The van der Waals surface area contributed by atoms with Gasteiger partial charge in [-0.2, -0.15) is 0 Å². The molecule has 0 aliphatic rings. The molecule has 0 aliphatic carbocycles. The standard InChI is InChI=1S/C10H8BrClFNO/c1-6(12)5-14-10(15)7-2-3-8(11)9(13)4-7/h2-4H,1,5H2,(H,14,15). The highest BCUT2D eigenvalue weighted by atomic mass is 79.9. The molecule has 1 aromatic rings. The molecule has 0 radical (unpaired) electrons. The van der Waals surface area contributed by atoms with E-state index in [1.165, 1.54) is 12.1 Å². The number of rotatable bonds is 3. The summed E-state index contributed by atoms with van der Waals surface area (Å²) in [5.41, 5.74) is 0.244. The van der Waals surface area contributed by atoms with Crippen LogP contribution in [0.5, 0.6) is 0 Å². The van der Waals surface area contributed by atoms with Crippen molar-refractivity contribution in [2.45, 2.75) is 0 Å². The van der Waals surface area contributed by atoms with Crippen molar-refractivity contribution in [2.24, 2.45) is 0 Å². The number of hydrogen-bond acceptors (Lipinski definition) is 1. The summed E-state index contributed by atoms with van der Waals surface area (Å²) in [6.45, 7) is 3.59. The van der Waals surface area contributed by atoms with Crippen LogP contribution < -0.4 is 5.32 Å². The Morgan fingerprint density at radius 3 is 2.80 bits per heavy atom. The lowest BCUT2D eigenvalue weighted by Gasteiger charge is -2.04. The molecule has 1 rings (SSSR count). The molecule has 2 nitrogen and oxygen atoms in total. The molecule has 1 N–H and O–H groups in total. The maximum atomic E-state index is 13.1. The van der Waals surface area contributed by atoms with Gasteiger partial charge in [0.2, 0.25) is 0 Å². The summed E-state index contributed by atoms with van der Waals surface area (Å²) in [7, 11) is 0. The third-order valence-corrected chi connectivity index (χ3v) is 2.40. The number of nitrogens with one attached hydrogen (secondary N) is 1. The predicted molar refractivity (Wildman–Crippen MR) is 61.4 cm³/mol. The van der Waals surface area contributed by atoms with Crippen molar-refractivity contribution >= 4 is 33.4 Å². The quantitative estimate of drug-likeness (QED) is 0.911. The van der Waals surface area contributed by atoms with E-state index in [-0.39, 0.29) is 18.0 Å². The lowest BCUT2D eigenvalue weighted by molar-refractivity contribution is 0.0957. The van der Waals surface area contributed by atoms with Crippen LogP contribution in [0.3, 0.4) is 0 Å². The summed E-state index contributed by atoms with van der Waals surface area (Å²) in [5, 5.41) is 2.81. The molecule has 0 aromatic heterocycles. The average molecular weight is 293 g/mol. The number of benzene rings is 1. The Labute approximate surface area is 100 Å². The Bertz CT molecular complexity index is 408. The highest BCUT2D eigenvalue weighted by molar-refractivity contribution is 9.10. The molecule has 1 aromatic carbocycles. The predicted octanol–water partition coefficient (Wildman–Crippen LogP) is 3.07. The van der Waals surface area contributed by atoms with Gasteiger partial charge in [-0.25, -0.2) is 4.39 Å². The maximum absolute atomic E-state index is 13.1. The van der Waals surface area contributed by atoms with Gasteiger partial charge in [0.25, 0.3) is 5.91 Å². The molecule has 0 saturated carbocycles. The molecule has 0 spiro atoms. The van der Waals surface area contributed by atoms with Crippen LogP contribution in [-0.2, 0) is 0 Å². The highest BCUT2D eigenvalue weighted by Gasteiger charge is 2.07. The first kappa shape index (κ1) is 12.2. The third kappa shape index (κ3) is 3.64. The molecule has 80 valence electrons. The zero-order valence-corrected chi connectivity index (χ0v) is 10.0. The summed E-state index contributed by atoms with van der Waals surface area (Å²) in [5.74, 6) is -0.865. The van der Waals surface area contributed by atoms with Gasteiger partial charge >= 0.3 is 0 Å². The average Bonchev–Trinajstić information content (AvgIpc) is 2.18. The molecule has 1 amide bonds. The highest BCUT2D eigenvalue weighted by Crippen LogP contribution is 2.16. The van der Waals surface area contributed by atoms with Crippen molar-refractivity contribution in [1.29, 1.82) is 0 Å². The van der Waals surface area contributed by atoms with Crippen molar-refractivity contribution in [2.75, 3.05) is 6.54 Å². The van der Waals surface area contributed by atoms with E-state index in [1.807, 2.05) is 0 Å². The minimum atomic E-state index is -0.479. The van der Waals surface area contributed by atoms with Gasteiger partial charge in [-0.1, -0.05) is 18.2 Å². The first-order valence-corrected chi connectivity index (χ1v) is 5.24. The Morgan fingerprint density at radius 1 is 1.60 bits per heavy atom. The van der Waals surface area contributed by atoms with Gasteiger partial charge in [0.15, 0.2) is 0 Å². The van der Waals surface area contributed by atoms with Gasteiger partial charge in [-0.15, -0.1) is 0 Å². The van der Waals surface area contributed by atoms with Crippen LogP contribution in [0.1, 0.15) is 10.4 Å². The summed E-state index contributed by atoms with van der Waals surface area (Å²) in [6, 6.07) is 4.13. The SMILES string of the molecule is C=C(Cl)CNC(=O)c1ccc(Br)c(F)c1. The second kappa shape index (κ2) is 5.28. The molecule has 0 saturated heterocycles. The molecule has 0 atom stereocenters. The van der Waals surface area contributed by atoms with E-state index in [1.54, 1.807) is 0 Å². The van der Waals surface area contributed by atoms with Crippen molar-refractivity contribution in [3.63, 3.8) is 0 Å². The first-order chi connectivity index (χ1) is 7.00. The van der Waals surface area contributed by atoms with Crippen LogP contribution in [0.4, 0.5) is 4.39 Å². The van der Waals surface area contributed by atoms with Gasteiger partial charge in [0.05, 0.1) is 11.0 Å². The topological polar surface area (TPSA) is 29.1 Å². The second-order valence-corrected chi connectivity index (χ2v) is 4.22. The van der Waals surface area contributed by atoms with Crippen LogP contribution >= 0.6 is 27.5 Å². The molecular formula is C10H8BrClFNO. The van der Waals surface area contributed by atoms with Gasteiger partial charge in [0.1, 0.15) is 5.82 Å². The zero-order valence-electron chi connectivity index (χ0n) is 7.69. The molecule has 5 heteroatoms. The van der Waals surface area contributed by atoms with E-state index in [0.29, 0.717) is 9.51 Å². The minimum absolute atomic E-state index is 0.165. The van der Waals surface area contributed by atoms with Crippen LogP contribution in [0.15, 0.2) is 34.3 Å². The molecule has 0 fully saturated rings. The number of carbonyl (C=O) groups excluding carboxylic acids is 1. The van der Waals surface area contributed by atoms with Gasteiger partial charge in [-0.3, -0.25) is 4.79 Å². The van der Waals surface area contributed by atoms with E-state index < -0.39 is 5.82 Å². The fourth-order valence-electron chi connectivity index (χ4n) is 0.916. The number of carbonyl (C=O) groups is 1. The van der Waals surface area contributed by atoms with E-state index in [4.69, 9.17) is 11.6 Å². The van der Waals surface area contributed by atoms with Crippen molar-refractivity contribution < 1.29 is 9.18 Å². The molecular weight excluding hydrogens is 284 g/mol. The lowest BCUT2D eigenvalue weighted by Crippen LogP contribution is -2.24. The number of halogens is 3. The summed E-state index contributed by atoms with van der Waals surface area (Å²) in [4.78, 5) is 11.4. The number of amides is 1. The maximum Gasteiger partial charge on any atom is 0.251 e. The Hall–Kier alpha value is -0.870. The van der Waals surface area contributed by atoms with Gasteiger partial charge in [0, 0.05) is 10.6 Å². The Kier molecular flexibility index (Phi) is 4.29. The molecule has 0 aliphatic heterocycles. The van der Waals surface area contributed by atoms with Gasteiger partial charge in [-0.05, 0) is 34.1 Å². The molecule has 0 heterocycles. The molecule has 0 unspecified atom stereocenters. The summed E-state index contributed by atoms with van der Waals surface area (Å²) < 4.78 is 13.4. The Balaban J connectivity index is 2.74. The van der Waals surface area contributed by atoms with Crippen molar-refractivity contribution in [3.8, 4) is 0 Å². The fourth-order valence-corrected chi connectivity index (χ4v) is 1.23. The third-order valence-electron chi connectivity index (χ3n) is 1.62. The van der Waals surface area contributed by atoms with E-state index in [0.717, 1.165) is 6.07 Å². The van der Waals surface area contributed by atoms with E-state index >= 15 is 0 Å². The van der Waals surface area contributed by atoms with Crippen LogP contribution in [-0.4, -0.2) is 12.5 Å². The van der Waals surface area contributed by atoms with Crippen molar-refractivity contribution in [1.82, 2.24) is 5.32 Å². The van der Waals surface area contributed by atoms with Gasteiger partial charge < -0.3 is 5.32 Å². The fraction of sp³-hybridized carbons (Fsp3) is 0.100. The van der Waals surface area contributed by atoms with Crippen molar-refractivity contribution in [3.05, 3.63) is 45.7 Å². The summed E-state index contributed by atoms with van der Waals surface area (Å²) in [6.07, 6.45) is 0. The van der Waals surface area contributed by atoms with E-state index in [9.17, 15) is 9.18 Å². The zero-order chi connectivity index (χ0) is 11.4. The number of hydrogen-bond donors (Lipinski definition) is 1. The first-order valence-electron chi connectivity index (χ1n) is 4.07. The van der Waals surface area contributed by atoms with Crippen LogP contribution in [0, 0.1) is 5.82 Å². The van der Waals surface area contributed by atoms with E-state index in [2.05, 4.69) is 27.8 Å². The normalized spacial score (nSPS) is 9.80. The minimum Gasteiger partial charge on any atom is -0.347 e. The largest absolute Gasteiger partial charge is 0.347 e. The smallest absolute Gasteiger partial charge is 0.251 e.